The molecule has 1 aliphatic carbocycles. The zero-order valence-corrected chi connectivity index (χ0v) is 15.4. The van der Waals surface area contributed by atoms with Gasteiger partial charge in [0.05, 0.1) is 13.7 Å². The third-order valence-corrected chi connectivity index (χ3v) is 5.09. The number of rotatable bonds is 6. The second kappa shape index (κ2) is 9.41. The van der Waals surface area contributed by atoms with Gasteiger partial charge in [0.1, 0.15) is 0 Å². The molecule has 0 aromatic heterocycles. The minimum Gasteiger partial charge on any atom is -0.493 e. The summed E-state index contributed by atoms with van der Waals surface area (Å²) in [6, 6.07) is 4.61. The molecule has 4 heteroatoms. The van der Waals surface area contributed by atoms with Crippen molar-refractivity contribution in [3.63, 3.8) is 0 Å². The van der Waals surface area contributed by atoms with Crippen LogP contribution in [-0.2, 0) is 6.54 Å². The minimum atomic E-state index is 0.618. The number of halogens is 1. The largest absolute Gasteiger partial charge is 0.493 e. The Morgan fingerprint density at radius 3 is 2.45 bits per heavy atom. The van der Waals surface area contributed by atoms with Gasteiger partial charge in [-0.3, -0.25) is 0 Å². The summed E-state index contributed by atoms with van der Waals surface area (Å²) in [4.78, 5) is 0. The van der Waals surface area contributed by atoms with E-state index in [4.69, 9.17) is 9.47 Å². The predicted octanol–water partition coefficient (Wildman–Crippen LogP) is 5.06. The summed E-state index contributed by atoms with van der Waals surface area (Å²) < 4.78 is 12.4. The third kappa shape index (κ3) is 4.88. The molecule has 0 heterocycles. The molecule has 0 atom stereocenters. The van der Waals surface area contributed by atoms with Crippen molar-refractivity contribution in [1.82, 2.24) is 5.32 Å². The first-order valence-electron chi connectivity index (χ1n) is 8.47. The molecule has 1 fully saturated rings. The molecule has 1 saturated carbocycles. The maximum absolute atomic E-state index is 5.83. The van der Waals surface area contributed by atoms with Crippen molar-refractivity contribution in [3.8, 4) is 11.5 Å². The van der Waals surface area contributed by atoms with E-state index in [0.29, 0.717) is 12.6 Å². The van der Waals surface area contributed by atoms with Gasteiger partial charge in [-0.25, -0.2) is 0 Å². The number of hydrogen-bond donors (Lipinski definition) is 1. The fourth-order valence-corrected chi connectivity index (χ4v) is 3.57. The van der Waals surface area contributed by atoms with E-state index >= 15 is 0 Å². The summed E-state index contributed by atoms with van der Waals surface area (Å²) in [7, 11) is 1.69. The number of hydrogen-bond acceptors (Lipinski definition) is 3. The summed E-state index contributed by atoms with van der Waals surface area (Å²) in [6.07, 6.45) is 9.42. The molecule has 1 aromatic carbocycles. The Morgan fingerprint density at radius 1 is 1.14 bits per heavy atom. The maximum atomic E-state index is 5.83. The fourth-order valence-electron chi connectivity index (χ4n) is 3.12. The first-order valence-corrected chi connectivity index (χ1v) is 9.27. The van der Waals surface area contributed by atoms with Gasteiger partial charge in [0.15, 0.2) is 11.5 Å². The molecule has 0 unspecified atom stereocenters. The van der Waals surface area contributed by atoms with Crippen molar-refractivity contribution in [2.24, 2.45) is 0 Å². The van der Waals surface area contributed by atoms with Crippen molar-refractivity contribution in [2.45, 2.75) is 64.5 Å². The zero-order valence-electron chi connectivity index (χ0n) is 13.8. The van der Waals surface area contributed by atoms with Crippen LogP contribution in [0, 0.1) is 0 Å². The first kappa shape index (κ1) is 17.6. The van der Waals surface area contributed by atoms with E-state index in [0.717, 1.165) is 28.1 Å². The number of nitrogens with one attached hydrogen (secondary N) is 1. The van der Waals surface area contributed by atoms with Gasteiger partial charge < -0.3 is 14.8 Å². The van der Waals surface area contributed by atoms with E-state index < -0.39 is 0 Å². The summed E-state index contributed by atoms with van der Waals surface area (Å²) >= 11 is 3.66. The molecule has 3 nitrogen and oxygen atoms in total. The second-order valence-electron chi connectivity index (χ2n) is 5.91. The SMILES string of the molecule is CCOc1c(OC)ccc(Br)c1CNC1CCCCCCC1. The number of ether oxygens (including phenoxy) is 2. The van der Waals surface area contributed by atoms with Gasteiger partial charge in [-0.1, -0.05) is 48.0 Å². The molecule has 0 amide bonds. The van der Waals surface area contributed by atoms with Crippen LogP contribution in [0.1, 0.15) is 57.4 Å². The molecule has 22 heavy (non-hydrogen) atoms. The average Bonchev–Trinajstić information content (AvgIpc) is 2.48. The van der Waals surface area contributed by atoms with E-state index in [1.165, 1.54) is 44.9 Å². The van der Waals surface area contributed by atoms with E-state index in [1.807, 2.05) is 19.1 Å². The highest BCUT2D eigenvalue weighted by atomic mass is 79.9. The molecular formula is C18H28BrNO2. The molecule has 0 spiro atoms. The van der Waals surface area contributed by atoms with E-state index in [9.17, 15) is 0 Å². The quantitative estimate of drug-likeness (QED) is 0.759. The lowest BCUT2D eigenvalue weighted by atomic mass is 9.96. The molecule has 0 saturated heterocycles. The van der Waals surface area contributed by atoms with E-state index in [1.54, 1.807) is 7.11 Å². The molecular weight excluding hydrogens is 342 g/mol. The van der Waals surface area contributed by atoms with Gasteiger partial charge in [-0.2, -0.15) is 0 Å². The molecule has 0 radical (unpaired) electrons. The molecule has 0 bridgehead atoms. The Morgan fingerprint density at radius 2 is 1.82 bits per heavy atom. The Balaban J connectivity index is 2.06. The van der Waals surface area contributed by atoms with Crippen molar-refractivity contribution in [2.75, 3.05) is 13.7 Å². The third-order valence-electron chi connectivity index (χ3n) is 4.35. The maximum Gasteiger partial charge on any atom is 0.166 e. The Hall–Kier alpha value is -0.740. The van der Waals surface area contributed by atoms with Crippen LogP contribution in [0.25, 0.3) is 0 Å². The van der Waals surface area contributed by atoms with Gasteiger partial charge in [0.2, 0.25) is 0 Å². The molecule has 1 N–H and O–H groups in total. The van der Waals surface area contributed by atoms with Crippen LogP contribution in [0.2, 0.25) is 0 Å². The normalized spacial score (nSPS) is 16.9. The Bertz CT molecular complexity index is 457. The summed E-state index contributed by atoms with van der Waals surface area (Å²) in [5.41, 5.74) is 1.16. The Labute approximate surface area is 142 Å². The topological polar surface area (TPSA) is 30.5 Å². The van der Waals surface area contributed by atoms with Gasteiger partial charge in [0, 0.05) is 22.6 Å². The molecule has 124 valence electrons. The summed E-state index contributed by atoms with van der Waals surface area (Å²) in [6.45, 7) is 3.47. The number of methoxy groups -OCH3 is 1. The number of benzene rings is 1. The van der Waals surface area contributed by atoms with E-state index in [-0.39, 0.29) is 0 Å². The van der Waals surface area contributed by atoms with E-state index in [2.05, 4.69) is 21.2 Å². The van der Waals surface area contributed by atoms with Crippen molar-refractivity contribution in [3.05, 3.63) is 22.2 Å². The van der Waals surface area contributed by atoms with Crippen molar-refractivity contribution >= 4 is 15.9 Å². The van der Waals surface area contributed by atoms with Crippen molar-refractivity contribution < 1.29 is 9.47 Å². The van der Waals surface area contributed by atoms with Gasteiger partial charge in [0.25, 0.3) is 0 Å². The molecule has 1 aromatic rings. The van der Waals surface area contributed by atoms with Gasteiger partial charge in [-0.05, 0) is 31.9 Å². The predicted molar refractivity (Wildman–Crippen MR) is 94.8 cm³/mol. The standard InChI is InChI=1S/C18H28BrNO2/c1-3-22-18-15(16(19)11-12-17(18)21-2)13-20-14-9-7-5-4-6-8-10-14/h11-12,14,20H,3-10,13H2,1-2H3. The average molecular weight is 370 g/mol. The first-order chi connectivity index (χ1) is 10.8. The second-order valence-corrected chi connectivity index (χ2v) is 6.77. The fraction of sp³-hybridized carbons (Fsp3) is 0.667. The van der Waals surface area contributed by atoms with Gasteiger partial charge in [-0.15, -0.1) is 0 Å². The lowest BCUT2D eigenvalue weighted by Gasteiger charge is -2.23. The molecule has 0 aliphatic heterocycles. The lowest BCUT2D eigenvalue weighted by Crippen LogP contribution is -2.29. The monoisotopic (exact) mass is 369 g/mol. The van der Waals surface area contributed by atoms with Crippen LogP contribution < -0.4 is 14.8 Å². The highest BCUT2D eigenvalue weighted by Gasteiger charge is 2.16. The Kier molecular flexibility index (Phi) is 7.53. The highest BCUT2D eigenvalue weighted by molar-refractivity contribution is 9.10. The molecule has 1 aliphatic rings. The van der Waals surface area contributed by atoms with Crippen LogP contribution in [0.5, 0.6) is 11.5 Å². The van der Waals surface area contributed by atoms with Crippen LogP contribution in [0.15, 0.2) is 16.6 Å². The van der Waals surface area contributed by atoms with Crippen LogP contribution in [0.4, 0.5) is 0 Å². The minimum absolute atomic E-state index is 0.618. The van der Waals surface area contributed by atoms with Crippen LogP contribution in [-0.4, -0.2) is 19.8 Å². The highest BCUT2D eigenvalue weighted by Crippen LogP contribution is 2.36. The lowest BCUT2D eigenvalue weighted by molar-refractivity contribution is 0.304. The zero-order chi connectivity index (χ0) is 15.8. The molecule has 2 rings (SSSR count). The van der Waals surface area contributed by atoms with Crippen LogP contribution >= 0.6 is 15.9 Å². The summed E-state index contributed by atoms with van der Waals surface area (Å²) in [5, 5.41) is 3.73. The van der Waals surface area contributed by atoms with Gasteiger partial charge >= 0.3 is 0 Å². The smallest absolute Gasteiger partial charge is 0.166 e. The van der Waals surface area contributed by atoms with Crippen LogP contribution in [0.3, 0.4) is 0 Å². The summed E-state index contributed by atoms with van der Waals surface area (Å²) in [5.74, 6) is 1.66. The van der Waals surface area contributed by atoms with Crippen molar-refractivity contribution in [1.29, 1.82) is 0 Å².